The molecule has 0 saturated carbocycles. The number of unbranched alkanes of at least 4 members (excludes halogenated alkanes) is 2. The number of carboxylic acid groups (broad SMARTS) is 1. The van der Waals surface area contributed by atoms with Gasteiger partial charge in [0.05, 0.1) is 14.2 Å². The van der Waals surface area contributed by atoms with E-state index >= 15 is 0 Å². The average Bonchev–Trinajstić information content (AvgIpc) is 0.789. The van der Waals surface area contributed by atoms with Crippen molar-refractivity contribution in [3.63, 3.8) is 0 Å². The molecule has 8 atom stereocenters. The van der Waals surface area contributed by atoms with Crippen LogP contribution in [0.25, 0.3) is 0 Å². The number of hydrogen-bond donors (Lipinski definition) is 14. The number of carbonyl (C=O) groups excluding carboxylic acids is 15. The first-order chi connectivity index (χ1) is 66.2. The van der Waals surface area contributed by atoms with Crippen LogP contribution in [0, 0.1) is 10.8 Å². The Kier molecular flexibility index (Phi) is 47.7. The summed E-state index contributed by atoms with van der Waals surface area (Å²) in [5.74, 6) is -6.93. The van der Waals surface area contributed by atoms with E-state index in [0.717, 1.165) is 16.7 Å². The van der Waals surface area contributed by atoms with Crippen molar-refractivity contribution in [2.45, 2.75) is 349 Å². The molecule has 143 heavy (non-hydrogen) atoms. The second-order valence-corrected chi connectivity index (χ2v) is 43.7. The standard InChI is InChI=1S/C52H79N7O12.C40H59N5O9.C12H22N2O4/c1-48(2,3)39(57-41(61)37(32-34-22-16-14-17-23-34)55-40(60)38(33-35-24-18-15-19-25-35)56-46(66)70-50(7,8)9)42(62)54-36(26-20-21-29-53-45(65)69-49(4,5)6)43(63)59-30-27-52(28-31-59,44(64)68-13)58-47(67)71-51(10,11)12;1-38(2,3)31(34(48)42-28(35(49)50)22-16-17-23-41-36(51)53-39(4,5)6)45-33(47)29(24-26-18-12-10-13-19-26)43-32(46)30(25-27-20-14-11-15-21-27)44-37(52)54-40(7,8)9;1-11(2,3)18-10(16)14-12(9(15)17-4)5-7-13-8-6-12/h14-19,22-25,36-39H,20-21,26-33H2,1-13H3,(H,53,65)(H,54,62)(H,55,60)(H,56,66)(H,57,61)(H,58,67);10-15,18-21,28-31H,16-17,22-25H2,1-9H3,(H,41,51)(H,42,48)(H,43,46)(H,44,52)(H,45,47)(H,49,50);13H,5-8H2,1-4H3,(H,14,16)/t36-,37-,38-,39+;28-,29-,30-,31+;/m11./s1. The number of carboxylic acids is 1. The lowest BCUT2D eigenvalue weighted by Gasteiger charge is -2.41. The van der Waals surface area contributed by atoms with Crippen molar-refractivity contribution in [3.8, 4) is 0 Å². The van der Waals surface area contributed by atoms with E-state index in [-0.39, 0.29) is 77.5 Å². The molecular formula is C104H160N14O25. The second kappa shape index (κ2) is 55.7. The maximum absolute atomic E-state index is 14.6. The molecule has 13 amide bonds. The fraction of sp³-hybridized carbons (Fsp3) is 0.615. The Labute approximate surface area is 842 Å². The van der Waals surface area contributed by atoms with E-state index in [9.17, 15) is 81.8 Å². The van der Waals surface area contributed by atoms with E-state index < -0.39 is 200 Å². The normalized spacial score (nSPS) is 15.4. The molecule has 0 aliphatic carbocycles. The number of carbonyl (C=O) groups is 16. The molecule has 0 aromatic heterocycles. The number of alkyl carbamates (subject to hydrolysis) is 6. The lowest BCUT2D eigenvalue weighted by atomic mass is 9.85. The van der Waals surface area contributed by atoms with Gasteiger partial charge in [0.1, 0.15) is 93.0 Å². The Morgan fingerprint density at radius 2 is 0.580 bits per heavy atom. The van der Waals surface area contributed by atoms with Crippen LogP contribution in [0.2, 0.25) is 0 Å². The number of piperidine rings is 2. The van der Waals surface area contributed by atoms with Crippen LogP contribution in [0.5, 0.6) is 0 Å². The minimum absolute atomic E-state index is 0.00461. The van der Waals surface area contributed by atoms with Crippen molar-refractivity contribution in [3.05, 3.63) is 144 Å². The van der Waals surface area contributed by atoms with Crippen molar-refractivity contribution in [1.82, 2.24) is 74.0 Å². The Morgan fingerprint density at radius 3 is 0.867 bits per heavy atom. The number of methoxy groups -OCH3 is 2. The molecule has 2 heterocycles. The highest BCUT2D eigenvalue weighted by Crippen LogP contribution is 2.30. The van der Waals surface area contributed by atoms with E-state index in [1.54, 1.807) is 239 Å². The van der Waals surface area contributed by atoms with Crippen molar-refractivity contribution in [2.75, 3.05) is 53.5 Å². The Morgan fingerprint density at radius 1 is 0.322 bits per heavy atom. The number of nitrogens with one attached hydrogen (secondary N) is 13. The molecule has 2 aliphatic heterocycles. The number of amides is 13. The Bertz CT molecular complexity index is 4800. The summed E-state index contributed by atoms with van der Waals surface area (Å²) in [6.45, 7) is 43.3. The summed E-state index contributed by atoms with van der Waals surface area (Å²) < 4.78 is 41.9. The summed E-state index contributed by atoms with van der Waals surface area (Å²) in [5, 5.41) is 45.7. The molecule has 2 saturated heterocycles. The molecule has 6 rings (SSSR count). The van der Waals surface area contributed by atoms with Crippen LogP contribution in [0.15, 0.2) is 121 Å². The van der Waals surface area contributed by atoms with E-state index in [1.807, 2.05) is 48.5 Å². The van der Waals surface area contributed by atoms with Gasteiger partial charge in [-0.05, 0) is 235 Å². The third-order valence-corrected chi connectivity index (χ3v) is 21.7. The number of aliphatic carboxylic acids is 1. The number of likely N-dealkylation sites (tertiary alicyclic amines) is 1. The minimum atomic E-state index is -1.49. The Balaban J connectivity index is 0.000000519. The van der Waals surface area contributed by atoms with Crippen LogP contribution in [0.4, 0.5) is 28.8 Å². The zero-order chi connectivity index (χ0) is 108. The van der Waals surface area contributed by atoms with Gasteiger partial charge in [0.25, 0.3) is 0 Å². The molecule has 0 spiro atoms. The van der Waals surface area contributed by atoms with Gasteiger partial charge < -0.3 is 117 Å². The summed E-state index contributed by atoms with van der Waals surface area (Å²) in [7, 11) is 2.53. The highest BCUT2D eigenvalue weighted by atomic mass is 16.6. The van der Waals surface area contributed by atoms with E-state index in [1.165, 1.54) is 19.1 Å². The van der Waals surface area contributed by atoms with Crippen LogP contribution >= 0.6 is 0 Å². The summed E-state index contributed by atoms with van der Waals surface area (Å²) >= 11 is 0. The van der Waals surface area contributed by atoms with Gasteiger partial charge in [-0.2, -0.15) is 0 Å². The van der Waals surface area contributed by atoms with Crippen molar-refractivity contribution < 1.29 is 120 Å². The molecule has 14 N–H and O–H groups in total. The zero-order valence-electron chi connectivity index (χ0n) is 88.5. The predicted octanol–water partition coefficient (Wildman–Crippen LogP) is 11.1. The number of nitrogens with zero attached hydrogens (tertiary/aromatic N) is 1. The maximum atomic E-state index is 14.6. The monoisotopic (exact) mass is 2010 g/mol. The smallest absolute Gasteiger partial charge is 0.408 e. The number of benzene rings is 4. The quantitative estimate of drug-likeness (QED) is 0.0113. The third-order valence-electron chi connectivity index (χ3n) is 21.7. The van der Waals surface area contributed by atoms with E-state index in [0.29, 0.717) is 57.2 Å². The van der Waals surface area contributed by atoms with Crippen LogP contribution in [0.1, 0.15) is 253 Å². The molecule has 0 unspecified atom stereocenters. The first-order valence-corrected chi connectivity index (χ1v) is 48.6. The van der Waals surface area contributed by atoms with Crippen LogP contribution in [0.3, 0.4) is 0 Å². The molecular weight excluding hydrogens is 1850 g/mol. The van der Waals surface area contributed by atoms with E-state index in [2.05, 4.69) is 69.1 Å². The Hall–Kier alpha value is -12.8. The van der Waals surface area contributed by atoms with Crippen LogP contribution in [-0.2, 0) is 112 Å². The largest absolute Gasteiger partial charge is 0.480 e. The SMILES string of the molecule is CC(C)(C)OC(=O)NCCCC[C@@H](NC(=O)[C@H](NC(=O)[C@@H](Cc1ccccc1)NC(=O)[C@@H](Cc1ccccc1)NC(=O)OC(C)(C)C)C(C)(C)C)C(=O)O.COC(=O)C1(NC(=O)OC(C)(C)C)CCN(C(=O)[C@@H](CCCCNC(=O)OC(C)(C)C)NC(=O)[C@H](NC(=O)[C@@H](Cc2ccccc2)NC(=O)[C@@H](Cc2ccccc2)NC(=O)OC(C)(C)C)C(C)(C)C)CC1.COC(=O)C1(NC(=O)OC(C)(C)C)CCNCC1. The van der Waals surface area contributed by atoms with Gasteiger partial charge in [-0.15, -0.1) is 0 Å². The topological polar surface area (TPSA) is 527 Å². The number of esters is 2. The highest BCUT2D eigenvalue weighted by molar-refractivity contribution is 5.98. The zero-order valence-corrected chi connectivity index (χ0v) is 88.5. The molecule has 2 aliphatic rings. The minimum Gasteiger partial charge on any atom is -0.480 e. The van der Waals surface area contributed by atoms with Gasteiger partial charge in [-0.25, -0.2) is 43.2 Å². The van der Waals surface area contributed by atoms with Crippen molar-refractivity contribution in [1.29, 1.82) is 0 Å². The molecule has 39 nitrogen and oxygen atoms in total. The molecule has 4 aromatic carbocycles. The molecule has 796 valence electrons. The fourth-order valence-electron chi connectivity index (χ4n) is 14.8. The number of ether oxygens (including phenoxy) is 8. The van der Waals surface area contributed by atoms with Crippen molar-refractivity contribution >= 4 is 95.8 Å². The fourth-order valence-corrected chi connectivity index (χ4v) is 14.8. The van der Waals surface area contributed by atoms with Gasteiger partial charge in [0.2, 0.25) is 41.4 Å². The molecule has 39 heteroatoms. The van der Waals surface area contributed by atoms with Crippen LogP contribution in [-0.4, -0.2) is 252 Å². The van der Waals surface area contributed by atoms with Gasteiger partial charge in [0.15, 0.2) is 0 Å². The number of rotatable bonds is 38. The maximum Gasteiger partial charge on any atom is 0.408 e. The first-order valence-electron chi connectivity index (χ1n) is 48.6. The van der Waals surface area contributed by atoms with Gasteiger partial charge in [-0.3, -0.25) is 33.6 Å². The van der Waals surface area contributed by atoms with Gasteiger partial charge in [0, 0.05) is 51.9 Å². The van der Waals surface area contributed by atoms with E-state index in [4.69, 9.17) is 37.9 Å². The first kappa shape index (κ1) is 122. The summed E-state index contributed by atoms with van der Waals surface area (Å²) in [6, 6.07) is 26.5. The average molecular weight is 2010 g/mol. The van der Waals surface area contributed by atoms with Gasteiger partial charge >= 0.3 is 54.5 Å². The summed E-state index contributed by atoms with van der Waals surface area (Å²) in [5.41, 5.74) is -5.83. The lowest BCUT2D eigenvalue weighted by Crippen LogP contribution is -2.64. The molecule has 4 aromatic rings. The summed E-state index contributed by atoms with van der Waals surface area (Å²) in [6.07, 6.45) is -1.22. The highest BCUT2D eigenvalue weighted by Gasteiger charge is 2.49. The number of hydrogen-bond acceptors (Lipinski definition) is 25. The predicted molar refractivity (Wildman–Crippen MR) is 537 cm³/mol. The lowest BCUT2D eigenvalue weighted by molar-refractivity contribution is -0.153. The van der Waals surface area contributed by atoms with Crippen molar-refractivity contribution in [2.24, 2.45) is 10.8 Å². The third kappa shape index (κ3) is 47.7. The second-order valence-electron chi connectivity index (χ2n) is 43.7. The van der Waals surface area contributed by atoms with Gasteiger partial charge in [-0.1, -0.05) is 163 Å². The summed E-state index contributed by atoms with van der Waals surface area (Å²) in [4.78, 5) is 213. The molecule has 2 fully saturated rings. The molecule has 0 bridgehead atoms. The van der Waals surface area contributed by atoms with Crippen LogP contribution < -0.4 is 69.1 Å². The molecule has 0 radical (unpaired) electrons.